The zero-order chi connectivity index (χ0) is 18.5. The lowest BCUT2D eigenvalue weighted by atomic mass is 9.81. The predicted molar refractivity (Wildman–Crippen MR) is 93.6 cm³/mol. The van der Waals surface area contributed by atoms with Crippen molar-refractivity contribution in [2.75, 3.05) is 0 Å². The number of halogens is 4. The zero-order valence-corrected chi connectivity index (χ0v) is 14.2. The van der Waals surface area contributed by atoms with Crippen molar-refractivity contribution in [3.63, 3.8) is 0 Å². The number of hydrogen-bond donors (Lipinski definition) is 0. The molecule has 2 nitrogen and oxygen atoms in total. The summed E-state index contributed by atoms with van der Waals surface area (Å²) >= 11 is 5.99. The fourth-order valence-corrected chi connectivity index (χ4v) is 3.58. The van der Waals surface area contributed by atoms with E-state index in [1.54, 1.807) is 24.3 Å². The molecule has 2 aromatic carbocycles. The SMILES string of the molecule is O=C1CC(c2ccc(C(F)(F)F)cc2)Cc2nc3ccc(Cl)cc3cc21. The summed E-state index contributed by atoms with van der Waals surface area (Å²) in [7, 11) is 0. The van der Waals surface area contributed by atoms with Crippen molar-refractivity contribution >= 4 is 28.3 Å². The van der Waals surface area contributed by atoms with Crippen molar-refractivity contribution in [2.45, 2.75) is 24.9 Å². The Hall–Kier alpha value is -2.40. The van der Waals surface area contributed by atoms with Gasteiger partial charge in [0, 0.05) is 22.4 Å². The maximum atomic E-state index is 12.7. The number of alkyl halides is 3. The van der Waals surface area contributed by atoms with Gasteiger partial charge >= 0.3 is 6.18 Å². The summed E-state index contributed by atoms with van der Waals surface area (Å²) in [6.45, 7) is 0. The Labute approximate surface area is 152 Å². The number of hydrogen-bond acceptors (Lipinski definition) is 2. The van der Waals surface area contributed by atoms with Crippen LogP contribution in [0.4, 0.5) is 13.2 Å². The van der Waals surface area contributed by atoms with E-state index in [4.69, 9.17) is 11.6 Å². The van der Waals surface area contributed by atoms with Gasteiger partial charge in [0.1, 0.15) is 0 Å². The molecule has 0 radical (unpaired) electrons. The van der Waals surface area contributed by atoms with Crippen LogP contribution in [0.3, 0.4) is 0 Å². The Morgan fingerprint density at radius 2 is 1.73 bits per heavy atom. The van der Waals surface area contributed by atoms with Gasteiger partial charge in [-0.1, -0.05) is 23.7 Å². The Balaban J connectivity index is 1.69. The van der Waals surface area contributed by atoms with Crippen molar-refractivity contribution in [1.82, 2.24) is 4.98 Å². The first kappa shape index (κ1) is 17.0. The minimum Gasteiger partial charge on any atom is -0.294 e. The van der Waals surface area contributed by atoms with E-state index in [-0.39, 0.29) is 18.1 Å². The van der Waals surface area contributed by atoms with Gasteiger partial charge in [-0.25, -0.2) is 0 Å². The predicted octanol–water partition coefficient (Wildman–Crippen LogP) is 5.82. The number of Topliss-reactive ketones (excluding diaryl/α,β-unsaturated/α-hetero) is 1. The number of benzene rings is 2. The molecule has 26 heavy (non-hydrogen) atoms. The number of fused-ring (bicyclic) bond motifs is 2. The van der Waals surface area contributed by atoms with Crippen LogP contribution in [-0.4, -0.2) is 10.8 Å². The molecule has 3 aromatic rings. The lowest BCUT2D eigenvalue weighted by molar-refractivity contribution is -0.137. The van der Waals surface area contributed by atoms with E-state index in [9.17, 15) is 18.0 Å². The Morgan fingerprint density at radius 3 is 2.42 bits per heavy atom. The summed E-state index contributed by atoms with van der Waals surface area (Å²) in [6.07, 6.45) is -3.59. The van der Waals surface area contributed by atoms with Crippen LogP contribution in [0.5, 0.6) is 0 Å². The summed E-state index contributed by atoms with van der Waals surface area (Å²) in [5, 5.41) is 1.38. The van der Waals surface area contributed by atoms with Crippen LogP contribution in [0.25, 0.3) is 10.9 Å². The second-order valence-corrected chi connectivity index (χ2v) is 6.90. The summed E-state index contributed by atoms with van der Waals surface area (Å²) in [6, 6.07) is 12.1. The minimum absolute atomic E-state index is 0.0504. The van der Waals surface area contributed by atoms with Gasteiger partial charge in [0.05, 0.1) is 16.8 Å². The summed E-state index contributed by atoms with van der Waals surface area (Å²) in [4.78, 5) is 17.2. The molecule has 0 fully saturated rings. The molecule has 4 rings (SSSR count). The summed E-state index contributed by atoms with van der Waals surface area (Å²) in [5.41, 5.74) is 2.03. The van der Waals surface area contributed by atoms with Crippen LogP contribution < -0.4 is 0 Å². The molecule has 0 amide bonds. The molecule has 1 aliphatic carbocycles. The van der Waals surface area contributed by atoms with Crippen molar-refractivity contribution in [3.8, 4) is 0 Å². The standard InChI is InChI=1S/C20H13ClF3NO/c21-15-5-6-17-13(7-15)8-16-18(25-17)9-12(10-19(16)26)11-1-3-14(4-2-11)20(22,23)24/h1-8,12H,9-10H2. The first-order valence-electron chi connectivity index (χ1n) is 8.11. The van der Waals surface area contributed by atoms with Crippen LogP contribution in [0.2, 0.25) is 5.02 Å². The van der Waals surface area contributed by atoms with Crippen molar-refractivity contribution < 1.29 is 18.0 Å². The molecule has 0 N–H and O–H groups in total. The van der Waals surface area contributed by atoms with Gasteiger partial charge in [-0.3, -0.25) is 9.78 Å². The number of ketones is 1. The number of carbonyl (C=O) groups excluding carboxylic acids is 1. The van der Waals surface area contributed by atoms with E-state index in [1.807, 2.05) is 0 Å². The average Bonchev–Trinajstić information content (AvgIpc) is 2.60. The summed E-state index contributed by atoms with van der Waals surface area (Å²) in [5.74, 6) is -0.222. The molecule has 1 heterocycles. The molecule has 0 spiro atoms. The second kappa shape index (κ2) is 6.09. The van der Waals surface area contributed by atoms with Crippen LogP contribution in [-0.2, 0) is 12.6 Å². The fraction of sp³-hybridized carbons (Fsp3) is 0.200. The maximum absolute atomic E-state index is 12.7. The van der Waals surface area contributed by atoms with Gasteiger partial charge in [-0.05, 0) is 54.3 Å². The van der Waals surface area contributed by atoms with E-state index in [0.29, 0.717) is 22.7 Å². The number of rotatable bonds is 1. The number of aromatic nitrogens is 1. The van der Waals surface area contributed by atoms with Gasteiger partial charge in [0.2, 0.25) is 0 Å². The zero-order valence-electron chi connectivity index (χ0n) is 13.5. The topological polar surface area (TPSA) is 30.0 Å². The third kappa shape index (κ3) is 3.07. The molecule has 1 aromatic heterocycles. The molecule has 1 aliphatic rings. The first-order chi connectivity index (χ1) is 12.3. The minimum atomic E-state index is -4.37. The highest BCUT2D eigenvalue weighted by Gasteiger charge is 2.31. The van der Waals surface area contributed by atoms with Crippen LogP contribution >= 0.6 is 11.6 Å². The lowest BCUT2D eigenvalue weighted by Crippen LogP contribution is -2.20. The fourth-order valence-electron chi connectivity index (χ4n) is 3.40. The van der Waals surface area contributed by atoms with E-state index >= 15 is 0 Å². The van der Waals surface area contributed by atoms with Crippen molar-refractivity contribution in [2.24, 2.45) is 0 Å². The van der Waals surface area contributed by atoms with Gasteiger partial charge < -0.3 is 0 Å². The third-order valence-electron chi connectivity index (χ3n) is 4.74. The quantitative estimate of drug-likeness (QED) is 0.536. The van der Waals surface area contributed by atoms with Crippen LogP contribution in [0, 0.1) is 0 Å². The van der Waals surface area contributed by atoms with Crippen molar-refractivity contribution in [1.29, 1.82) is 0 Å². The van der Waals surface area contributed by atoms with Gasteiger partial charge in [0.15, 0.2) is 5.78 Å². The number of nitrogens with zero attached hydrogens (tertiary/aromatic N) is 1. The van der Waals surface area contributed by atoms with Crippen LogP contribution in [0.1, 0.15) is 39.5 Å². The van der Waals surface area contributed by atoms with Crippen LogP contribution in [0.15, 0.2) is 48.5 Å². The Bertz CT molecular complexity index is 1010. The van der Waals surface area contributed by atoms with Gasteiger partial charge in [-0.15, -0.1) is 0 Å². The molecule has 0 bridgehead atoms. The largest absolute Gasteiger partial charge is 0.416 e. The second-order valence-electron chi connectivity index (χ2n) is 6.47. The lowest BCUT2D eigenvalue weighted by Gasteiger charge is -2.24. The molecule has 0 saturated heterocycles. The normalized spacial score (nSPS) is 17.4. The van der Waals surface area contributed by atoms with E-state index in [1.165, 1.54) is 12.1 Å². The molecule has 132 valence electrons. The molecule has 0 aliphatic heterocycles. The highest BCUT2D eigenvalue weighted by molar-refractivity contribution is 6.31. The Kier molecular flexibility index (Phi) is 3.99. The highest BCUT2D eigenvalue weighted by Crippen LogP contribution is 2.35. The monoisotopic (exact) mass is 375 g/mol. The average molecular weight is 376 g/mol. The van der Waals surface area contributed by atoms with Gasteiger partial charge in [-0.2, -0.15) is 13.2 Å². The smallest absolute Gasteiger partial charge is 0.294 e. The molecule has 1 unspecified atom stereocenters. The van der Waals surface area contributed by atoms with Gasteiger partial charge in [0.25, 0.3) is 0 Å². The van der Waals surface area contributed by atoms with Crippen molar-refractivity contribution in [3.05, 3.63) is 75.9 Å². The first-order valence-corrected chi connectivity index (χ1v) is 8.48. The summed E-state index contributed by atoms with van der Waals surface area (Å²) < 4.78 is 38.2. The molecule has 0 saturated carbocycles. The number of pyridine rings is 1. The maximum Gasteiger partial charge on any atom is 0.416 e. The molecular weight excluding hydrogens is 363 g/mol. The molecule has 1 atom stereocenters. The van der Waals surface area contributed by atoms with E-state index in [0.717, 1.165) is 28.6 Å². The van der Waals surface area contributed by atoms with E-state index in [2.05, 4.69) is 4.98 Å². The molecular formula is C20H13ClF3NO. The third-order valence-corrected chi connectivity index (χ3v) is 4.97. The Morgan fingerprint density at radius 1 is 1.00 bits per heavy atom. The van der Waals surface area contributed by atoms with E-state index < -0.39 is 11.7 Å². The molecule has 6 heteroatoms. The number of carbonyl (C=O) groups is 1. The highest BCUT2D eigenvalue weighted by atomic mass is 35.5.